The molecule has 5 rings (SSSR count). The molecule has 0 aromatic carbocycles. The third kappa shape index (κ3) is 6.52. The van der Waals surface area contributed by atoms with Crippen LogP contribution in [0.1, 0.15) is 63.5 Å². The Hall–Kier alpha value is -3.74. The first-order valence-corrected chi connectivity index (χ1v) is 13.6. The molecule has 2 atom stereocenters. The molecule has 1 saturated heterocycles. The average Bonchev–Trinajstić information content (AvgIpc) is 3.45. The van der Waals surface area contributed by atoms with Gasteiger partial charge in [-0.15, -0.1) is 0 Å². The minimum atomic E-state index is -4.53. The number of nitrogens with zero attached hydrogens (tertiary/aromatic N) is 6. The quantitative estimate of drug-likeness (QED) is 0.424. The van der Waals surface area contributed by atoms with Crippen LogP contribution < -0.4 is 20.5 Å². The second-order valence-corrected chi connectivity index (χ2v) is 9.55. The minimum absolute atomic E-state index is 0.134. The van der Waals surface area contributed by atoms with E-state index in [2.05, 4.69) is 30.2 Å². The molecular formula is C27H35F3N8O2. The van der Waals surface area contributed by atoms with E-state index in [0.717, 1.165) is 37.5 Å². The van der Waals surface area contributed by atoms with Gasteiger partial charge in [-0.05, 0) is 58.3 Å². The van der Waals surface area contributed by atoms with E-state index in [-0.39, 0.29) is 29.5 Å². The minimum Gasteiger partial charge on any atom is -0.462 e. The van der Waals surface area contributed by atoms with Crippen molar-refractivity contribution in [1.82, 2.24) is 29.8 Å². The Bertz CT molecular complexity index is 1330. The van der Waals surface area contributed by atoms with Gasteiger partial charge < -0.3 is 19.9 Å². The van der Waals surface area contributed by atoms with Crippen LogP contribution in [0.5, 0.6) is 6.01 Å². The number of pyridine rings is 1. The molecule has 13 heteroatoms. The van der Waals surface area contributed by atoms with Crippen molar-refractivity contribution < 1.29 is 17.9 Å². The second-order valence-electron chi connectivity index (χ2n) is 9.55. The molecule has 0 spiro atoms. The van der Waals surface area contributed by atoms with E-state index in [4.69, 9.17) is 9.72 Å². The Balaban J connectivity index is 0.00000181. The van der Waals surface area contributed by atoms with Gasteiger partial charge in [-0.1, -0.05) is 13.8 Å². The average molecular weight is 561 g/mol. The van der Waals surface area contributed by atoms with Crippen LogP contribution in [0.4, 0.5) is 30.5 Å². The highest BCUT2D eigenvalue weighted by Gasteiger charge is 2.36. The van der Waals surface area contributed by atoms with Crippen molar-refractivity contribution in [3.05, 3.63) is 58.0 Å². The molecule has 0 amide bonds. The number of nitrogens with one attached hydrogen (secondary N) is 2. The van der Waals surface area contributed by atoms with E-state index < -0.39 is 11.9 Å². The highest BCUT2D eigenvalue weighted by Crippen LogP contribution is 2.38. The maximum Gasteiger partial charge on any atom is 0.433 e. The molecule has 3 aromatic heterocycles. The SMILES string of the molecule is CC.CC1Cc2c(Nc3ccc(C(F)(F)F)nc3)nc(OCCN3CCCC3)nc2C(C)N1c1ncc[nH]c1=O. The predicted molar refractivity (Wildman–Crippen MR) is 146 cm³/mol. The van der Waals surface area contributed by atoms with Gasteiger partial charge in [-0.2, -0.15) is 23.1 Å². The second kappa shape index (κ2) is 12.6. The van der Waals surface area contributed by atoms with Crippen molar-refractivity contribution >= 4 is 17.3 Å². The maximum absolute atomic E-state index is 13.0. The van der Waals surface area contributed by atoms with Crippen molar-refractivity contribution in [3.63, 3.8) is 0 Å². The molecule has 5 heterocycles. The highest BCUT2D eigenvalue weighted by molar-refractivity contribution is 5.62. The molecule has 2 unspecified atom stereocenters. The van der Waals surface area contributed by atoms with Gasteiger partial charge in [-0.3, -0.25) is 9.69 Å². The number of hydrogen-bond acceptors (Lipinski definition) is 9. The van der Waals surface area contributed by atoms with Gasteiger partial charge in [0.1, 0.15) is 18.1 Å². The number of rotatable bonds is 7. The Labute approximate surface area is 231 Å². The van der Waals surface area contributed by atoms with Gasteiger partial charge in [0.15, 0.2) is 5.82 Å². The van der Waals surface area contributed by atoms with Gasteiger partial charge in [0.2, 0.25) is 0 Å². The monoisotopic (exact) mass is 560 g/mol. The molecule has 1 fully saturated rings. The highest BCUT2D eigenvalue weighted by atomic mass is 19.4. The fourth-order valence-electron chi connectivity index (χ4n) is 5.07. The third-order valence-electron chi connectivity index (χ3n) is 6.89. The standard InChI is InChI=1S/C25H29F3N8O2.C2H6/c1-15-13-18-20(16(2)36(15)22-23(37)30-8-7-29-22)33-24(38-12-11-35-9-3-4-10-35)34-21(18)32-17-5-6-19(31-14-17)25(26,27)28;1-2/h5-8,14-16H,3-4,9-13H2,1-2H3,(H,30,37)(H,32,33,34);1-2H3. The lowest BCUT2D eigenvalue weighted by atomic mass is 9.93. The summed E-state index contributed by atoms with van der Waals surface area (Å²) in [5, 5.41) is 3.12. The van der Waals surface area contributed by atoms with Crippen LogP contribution in [0.15, 0.2) is 35.5 Å². The summed E-state index contributed by atoms with van der Waals surface area (Å²) < 4.78 is 44.9. The molecule has 40 heavy (non-hydrogen) atoms. The Morgan fingerprint density at radius 1 is 1.12 bits per heavy atom. The zero-order valence-electron chi connectivity index (χ0n) is 23.1. The summed E-state index contributed by atoms with van der Waals surface area (Å²) in [7, 11) is 0. The fourth-order valence-corrected chi connectivity index (χ4v) is 5.07. The van der Waals surface area contributed by atoms with E-state index in [1.165, 1.54) is 31.3 Å². The zero-order chi connectivity index (χ0) is 28.9. The van der Waals surface area contributed by atoms with Crippen molar-refractivity contribution in [1.29, 1.82) is 0 Å². The number of anilines is 3. The summed E-state index contributed by atoms with van der Waals surface area (Å²) in [4.78, 5) is 36.6. The van der Waals surface area contributed by atoms with Gasteiger partial charge in [0.05, 0.1) is 23.6 Å². The molecule has 10 nitrogen and oxygen atoms in total. The molecule has 216 valence electrons. The van der Waals surface area contributed by atoms with Gasteiger partial charge in [0, 0.05) is 30.5 Å². The summed E-state index contributed by atoms with van der Waals surface area (Å²) >= 11 is 0. The molecule has 3 aromatic rings. The van der Waals surface area contributed by atoms with Crippen molar-refractivity contribution in [3.8, 4) is 6.01 Å². The number of aromatic nitrogens is 5. The van der Waals surface area contributed by atoms with Gasteiger partial charge in [-0.25, -0.2) is 9.97 Å². The number of H-pyrrole nitrogens is 1. The van der Waals surface area contributed by atoms with Crippen LogP contribution in [-0.4, -0.2) is 62.1 Å². The molecular weight excluding hydrogens is 525 g/mol. The molecule has 0 radical (unpaired) electrons. The van der Waals surface area contributed by atoms with Gasteiger partial charge in [0.25, 0.3) is 5.56 Å². The lowest BCUT2D eigenvalue weighted by Gasteiger charge is -2.40. The number of alkyl halides is 3. The van der Waals surface area contributed by atoms with Gasteiger partial charge >= 0.3 is 12.2 Å². The van der Waals surface area contributed by atoms with Crippen molar-refractivity contribution in [2.24, 2.45) is 0 Å². The number of hydrogen-bond donors (Lipinski definition) is 2. The molecule has 2 aliphatic rings. The van der Waals surface area contributed by atoms with E-state index >= 15 is 0 Å². The molecule has 0 aliphatic carbocycles. The lowest BCUT2D eigenvalue weighted by Crippen LogP contribution is -2.45. The van der Waals surface area contributed by atoms with Crippen molar-refractivity contribution in [2.45, 2.75) is 65.2 Å². The van der Waals surface area contributed by atoms with E-state index in [1.54, 1.807) is 0 Å². The molecule has 0 saturated carbocycles. The lowest BCUT2D eigenvalue weighted by molar-refractivity contribution is -0.141. The maximum atomic E-state index is 13.0. The first-order chi connectivity index (χ1) is 19.2. The fraction of sp³-hybridized carbons (Fsp3) is 0.519. The van der Waals surface area contributed by atoms with Crippen LogP contribution in [0.3, 0.4) is 0 Å². The summed E-state index contributed by atoms with van der Waals surface area (Å²) in [6.45, 7) is 11.1. The largest absolute Gasteiger partial charge is 0.462 e. The Morgan fingerprint density at radius 2 is 1.88 bits per heavy atom. The van der Waals surface area contributed by atoms with E-state index in [9.17, 15) is 18.0 Å². The Kier molecular flexibility index (Phi) is 9.23. The van der Waals surface area contributed by atoms with E-state index in [1.807, 2.05) is 32.6 Å². The summed E-state index contributed by atoms with van der Waals surface area (Å²) in [5.74, 6) is 0.718. The van der Waals surface area contributed by atoms with Crippen LogP contribution in [0, 0.1) is 0 Å². The normalized spacial score (nSPS) is 19.0. The molecule has 0 bridgehead atoms. The number of aromatic amines is 1. The molecule has 2 aliphatic heterocycles. The number of halogens is 3. The Morgan fingerprint density at radius 3 is 2.52 bits per heavy atom. The third-order valence-corrected chi connectivity index (χ3v) is 6.89. The molecule has 2 N–H and O–H groups in total. The van der Waals surface area contributed by atoms with E-state index in [0.29, 0.717) is 30.2 Å². The number of ether oxygens (including phenoxy) is 1. The smallest absolute Gasteiger partial charge is 0.433 e. The van der Waals surface area contributed by atoms with Crippen molar-refractivity contribution in [2.75, 3.05) is 36.5 Å². The summed E-state index contributed by atoms with van der Waals surface area (Å²) in [6, 6.07) is 1.91. The zero-order valence-corrected chi connectivity index (χ0v) is 23.1. The number of fused-ring (bicyclic) bond motifs is 1. The van der Waals surface area contributed by atoms with Crippen LogP contribution in [0.2, 0.25) is 0 Å². The van der Waals surface area contributed by atoms with Crippen LogP contribution >= 0.6 is 0 Å². The summed E-state index contributed by atoms with van der Waals surface area (Å²) in [5.41, 5.74) is 0.519. The first kappa shape index (κ1) is 29.2. The first-order valence-electron chi connectivity index (χ1n) is 13.6. The summed E-state index contributed by atoms with van der Waals surface area (Å²) in [6.07, 6.45) is 2.42. The predicted octanol–water partition coefficient (Wildman–Crippen LogP) is 4.73. The van der Waals surface area contributed by atoms with Crippen LogP contribution in [-0.2, 0) is 12.6 Å². The topological polar surface area (TPSA) is 112 Å². The van der Waals surface area contributed by atoms with Crippen LogP contribution in [0.25, 0.3) is 0 Å². The number of likely N-dealkylation sites (tertiary alicyclic amines) is 1.